The quantitative estimate of drug-likeness (QED) is 0.561. The van der Waals surface area contributed by atoms with E-state index in [1.54, 1.807) is 18.2 Å². The second-order valence-electron chi connectivity index (χ2n) is 2.71. The average Bonchev–Trinajstić information content (AvgIpc) is 2.25. The van der Waals surface area contributed by atoms with E-state index in [1.165, 1.54) is 20.3 Å². The second-order valence-corrected chi connectivity index (χ2v) is 2.71. The minimum absolute atomic E-state index is 0.529. The smallest absolute Gasteiger partial charge is 0.235 e. The molecule has 0 aliphatic rings. The number of hydrogen-bond donors (Lipinski definition) is 0. The summed E-state index contributed by atoms with van der Waals surface area (Å²) in [5.41, 5.74) is 0.605. The molecule has 0 bridgehead atoms. The Morgan fingerprint density at radius 3 is 2.60 bits per heavy atom. The van der Waals surface area contributed by atoms with Gasteiger partial charge in [0.1, 0.15) is 11.5 Å². The van der Waals surface area contributed by atoms with Crippen molar-refractivity contribution in [2.75, 3.05) is 14.2 Å². The maximum Gasteiger partial charge on any atom is 0.235 e. The van der Waals surface area contributed by atoms with Crippen molar-refractivity contribution in [1.29, 1.82) is 0 Å². The topological polar surface area (TPSA) is 61.6 Å². The molecule has 1 aromatic rings. The highest BCUT2D eigenvalue weighted by molar-refractivity contribution is 5.58. The van der Waals surface area contributed by atoms with Crippen LogP contribution in [0.15, 0.2) is 24.4 Å². The van der Waals surface area contributed by atoms with Gasteiger partial charge in [0.05, 0.1) is 19.1 Å². The van der Waals surface area contributed by atoms with Crippen LogP contribution < -0.4 is 9.47 Å². The Bertz CT molecular complexity index is 387. The van der Waals surface area contributed by atoms with Gasteiger partial charge in [0.15, 0.2) is 0 Å². The summed E-state index contributed by atoms with van der Waals surface area (Å²) in [5.74, 6) is 1.19. The van der Waals surface area contributed by atoms with Gasteiger partial charge in [0.25, 0.3) is 0 Å². The predicted octanol–water partition coefficient (Wildman–Crippen LogP) is 1.95. The van der Waals surface area contributed by atoms with Crippen LogP contribution in [0, 0.1) is 10.1 Å². The first-order valence-corrected chi connectivity index (χ1v) is 4.21. The maximum atomic E-state index is 10.2. The van der Waals surface area contributed by atoms with Gasteiger partial charge in [-0.15, -0.1) is 0 Å². The third-order valence-electron chi connectivity index (χ3n) is 1.81. The molecule has 0 radical (unpaired) electrons. The van der Waals surface area contributed by atoms with Gasteiger partial charge in [-0.05, 0) is 18.2 Å². The molecule has 5 nitrogen and oxygen atoms in total. The lowest BCUT2D eigenvalue weighted by Crippen LogP contribution is -1.90. The highest BCUT2D eigenvalue weighted by atomic mass is 16.6. The van der Waals surface area contributed by atoms with Crippen molar-refractivity contribution in [3.8, 4) is 11.5 Å². The summed E-state index contributed by atoms with van der Waals surface area (Å²) in [5, 5.41) is 10.2. The van der Waals surface area contributed by atoms with Crippen molar-refractivity contribution < 1.29 is 14.4 Å². The van der Waals surface area contributed by atoms with Crippen molar-refractivity contribution >= 4 is 6.08 Å². The molecule has 0 aliphatic carbocycles. The van der Waals surface area contributed by atoms with Crippen LogP contribution in [-0.4, -0.2) is 19.1 Å². The summed E-state index contributed by atoms with van der Waals surface area (Å²) in [7, 11) is 3.04. The third kappa shape index (κ3) is 2.98. The summed E-state index contributed by atoms with van der Waals surface area (Å²) in [6.45, 7) is 0. The Morgan fingerprint density at radius 2 is 2.07 bits per heavy atom. The Balaban J connectivity index is 3.06. The fourth-order valence-electron chi connectivity index (χ4n) is 1.11. The summed E-state index contributed by atoms with van der Waals surface area (Å²) in [6.07, 6.45) is 2.22. The molecule has 0 aromatic heterocycles. The first-order chi connectivity index (χ1) is 7.17. The monoisotopic (exact) mass is 209 g/mol. The fourth-order valence-corrected chi connectivity index (χ4v) is 1.11. The molecular weight excluding hydrogens is 198 g/mol. The Kier molecular flexibility index (Phi) is 3.68. The number of nitrogens with zero attached hydrogens (tertiary/aromatic N) is 1. The molecule has 0 atom stereocenters. The molecule has 5 heteroatoms. The van der Waals surface area contributed by atoms with Crippen LogP contribution in [0.5, 0.6) is 11.5 Å². The summed E-state index contributed by atoms with van der Waals surface area (Å²) < 4.78 is 10.0. The molecule has 0 amide bonds. The van der Waals surface area contributed by atoms with Gasteiger partial charge in [-0.2, -0.15) is 0 Å². The zero-order valence-corrected chi connectivity index (χ0v) is 8.47. The molecule has 1 aromatic carbocycles. The summed E-state index contributed by atoms with van der Waals surface area (Å²) in [4.78, 5) is 9.64. The molecule has 15 heavy (non-hydrogen) atoms. The first-order valence-electron chi connectivity index (χ1n) is 4.21. The van der Waals surface area contributed by atoms with E-state index in [1.807, 2.05) is 0 Å². The molecule has 0 saturated carbocycles. The molecule has 1 rings (SSSR count). The zero-order chi connectivity index (χ0) is 11.3. The van der Waals surface area contributed by atoms with E-state index >= 15 is 0 Å². The molecule has 0 fully saturated rings. The predicted molar refractivity (Wildman–Crippen MR) is 55.6 cm³/mol. The van der Waals surface area contributed by atoms with Crippen LogP contribution in [-0.2, 0) is 0 Å². The van der Waals surface area contributed by atoms with Crippen LogP contribution in [0.4, 0.5) is 0 Å². The van der Waals surface area contributed by atoms with Gasteiger partial charge in [-0.1, -0.05) is 0 Å². The Labute approximate surface area is 87.1 Å². The number of nitro groups is 1. The minimum atomic E-state index is -0.529. The van der Waals surface area contributed by atoms with Gasteiger partial charge in [0, 0.05) is 11.6 Å². The van der Waals surface area contributed by atoms with Crippen molar-refractivity contribution in [3.05, 3.63) is 40.1 Å². The van der Waals surface area contributed by atoms with Crippen molar-refractivity contribution in [2.45, 2.75) is 0 Å². The third-order valence-corrected chi connectivity index (χ3v) is 1.81. The van der Waals surface area contributed by atoms with Crippen molar-refractivity contribution in [1.82, 2.24) is 0 Å². The van der Waals surface area contributed by atoms with Gasteiger partial charge >= 0.3 is 0 Å². The molecule has 80 valence electrons. The van der Waals surface area contributed by atoms with E-state index in [0.29, 0.717) is 17.1 Å². The standard InChI is InChI=1S/C10H11NO4/c1-14-9-3-4-10(15-2)8(7-9)5-6-11(12)13/h3-7H,1-2H3/b6-5+. The maximum absolute atomic E-state index is 10.2. The van der Waals surface area contributed by atoms with Crippen molar-refractivity contribution in [2.24, 2.45) is 0 Å². The van der Waals surface area contributed by atoms with Crippen LogP contribution in [0.25, 0.3) is 6.08 Å². The van der Waals surface area contributed by atoms with Crippen LogP contribution >= 0.6 is 0 Å². The van der Waals surface area contributed by atoms with Crippen LogP contribution in [0.2, 0.25) is 0 Å². The number of ether oxygens (including phenoxy) is 2. The van der Waals surface area contributed by atoms with Crippen LogP contribution in [0.3, 0.4) is 0 Å². The number of benzene rings is 1. The van der Waals surface area contributed by atoms with E-state index in [4.69, 9.17) is 9.47 Å². The van der Waals surface area contributed by atoms with Gasteiger partial charge < -0.3 is 9.47 Å². The molecule has 0 saturated heterocycles. The Morgan fingerprint density at radius 1 is 1.33 bits per heavy atom. The lowest BCUT2D eigenvalue weighted by atomic mass is 10.2. The van der Waals surface area contributed by atoms with E-state index < -0.39 is 4.92 Å². The lowest BCUT2D eigenvalue weighted by Gasteiger charge is -2.06. The summed E-state index contributed by atoms with van der Waals surface area (Å²) >= 11 is 0. The largest absolute Gasteiger partial charge is 0.497 e. The highest BCUT2D eigenvalue weighted by Crippen LogP contribution is 2.24. The van der Waals surface area contributed by atoms with E-state index in [9.17, 15) is 10.1 Å². The molecular formula is C10H11NO4. The molecule has 0 N–H and O–H groups in total. The SMILES string of the molecule is COc1ccc(OC)c(/C=C/[N+](=O)[O-])c1. The normalized spacial score (nSPS) is 10.3. The molecule has 0 spiro atoms. The number of rotatable bonds is 4. The highest BCUT2D eigenvalue weighted by Gasteiger charge is 2.02. The first kappa shape index (κ1) is 11.0. The van der Waals surface area contributed by atoms with Gasteiger partial charge in [0.2, 0.25) is 6.20 Å². The second kappa shape index (κ2) is 4.99. The average molecular weight is 209 g/mol. The van der Waals surface area contributed by atoms with Gasteiger partial charge in [-0.25, -0.2) is 0 Å². The fraction of sp³-hybridized carbons (Fsp3) is 0.200. The minimum Gasteiger partial charge on any atom is -0.497 e. The van der Waals surface area contributed by atoms with Crippen molar-refractivity contribution in [3.63, 3.8) is 0 Å². The van der Waals surface area contributed by atoms with E-state index in [2.05, 4.69) is 0 Å². The molecule has 0 unspecified atom stereocenters. The number of methoxy groups -OCH3 is 2. The zero-order valence-electron chi connectivity index (χ0n) is 8.47. The van der Waals surface area contributed by atoms with Gasteiger partial charge in [-0.3, -0.25) is 10.1 Å². The summed E-state index contributed by atoms with van der Waals surface area (Å²) in [6, 6.07) is 5.08. The van der Waals surface area contributed by atoms with E-state index in [0.717, 1.165) is 6.20 Å². The molecule has 0 aliphatic heterocycles. The van der Waals surface area contributed by atoms with E-state index in [-0.39, 0.29) is 0 Å². The number of hydrogen-bond acceptors (Lipinski definition) is 4. The Hall–Kier alpha value is -2.04. The molecule has 0 heterocycles. The van der Waals surface area contributed by atoms with Crippen LogP contribution in [0.1, 0.15) is 5.56 Å². The lowest BCUT2D eigenvalue weighted by molar-refractivity contribution is -0.400.